The van der Waals surface area contributed by atoms with Gasteiger partial charge >= 0.3 is 0 Å². The van der Waals surface area contributed by atoms with Gasteiger partial charge in [0.05, 0.1) is 0 Å². The molecular formula is C14H28N2. The van der Waals surface area contributed by atoms with Crippen molar-refractivity contribution in [1.29, 1.82) is 0 Å². The zero-order valence-corrected chi connectivity index (χ0v) is 11.2. The van der Waals surface area contributed by atoms with Gasteiger partial charge in [0, 0.05) is 18.6 Å². The van der Waals surface area contributed by atoms with Crippen LogP contribution in [0.25, 0.3) is 0 Å². The molecule has 0 amide bonds. The quantitative estimate of drug-likeness (QED) is 0.772. The molecule has 2 nitrogen and oxygen atoms in total. The van der Waals surface area contributed by atoms with Gasteiger partial charge in [0.25, 0.3) is 0 Å². The van der Waals surface area contributed by atoms with Gasteiger partial charge in [-0.2, -0.15) is 0 Å². The molecule has 0 saturated heterocycles. The number of likely N-dealkylation sites (N-methyl/N-ethyl adjacent to an activating group) is 1. The SMILES string of the molecule is CC1CCC(NCC(C2CC2)N(C)C)CC1. The van der Waals surface area contributed by atoms with E-state index in [1.54, 1.807) is 0 Å². The van der Waals surface area contributed by atoms with E-state index in [0.29, 0.717) is 0 Å². The third-order valence-electron chi connectivity index (χ3n) is 4.46. The molecule has 0 aromatic rings. The fourth-order valence-electron chi connectivity index (χ4n) is 3.00. The maximum atomic E-state index is 3.80. The first kappa shape index (κ1) is 12.4. The van der Waals surface area contributed by atoms with Gasteiger partial charge in [0.15, 0.2) is 0 Å². The third kappa shape index (κ3) is 3.46. The summed E-state index contributed by atoms with van der Waals surface area (Å²) in [7, 11) is 4.46. The van der Waals surface area contributed by atoms with Gasteiger partial charge in [-0.25, -0.2) is 0 Å². The van der Waals surface area contributed by atoms with Crippen LogP contribution < -0.4 is 5.32 Å². The number of hydrogen-bond acceptors (Lipinski definition) is 2. The van der Waals surface area contributed by atoms with Crippen molar-refractivity contribution in [2.75, 3.05) is 20.6 Å². The van der Waals surface area contributed by atoms with Gasteiger partial charge in [-0.1, -0.05) is 6.92 Å². The van der Waals surface area contributed by atoms with Crippen molar-refractivity contribution < 1.29 is 0 Å². The summed E-state index contributed by atoms with van der Waals surface area (Å²) in [4.78, 5) is 2.41. The molecule has 16 heavy (non-hydrogen) atoms. The first-order chi connectivity index (χ1) is 7.66. The predicted molar refractivity (Wildman–Crippen MR) is 69.6 cm³/mol. The van der Waals surface area contributed by atoms with Crippen molar-refractivity contribution in [3.8, 4) is 0 Å². The third-order valence-corrected chi connectivity index (χ3v) is 4.46. The van der Waals surface area contributed by atoms with Gasteiger partial charge in [0.2, 0.25) is 0 Å². The second-order valence-corrected chi connectivity index (χ2v) is 6.23. The summed E-state index contributed by atoms with van der Waals surface area (Å²) >= 11 is 0. The Morgan fingerprint density at radius 1 is 1.06 bits per heavy atom. The number of hydrogen-bond donors (Lipinski definition) is 1. The predicted octanol–water partition coefficient (Wildman–Crippen LogP) is 2.49. The van der Waals surface area contributed by atoms with Crippen molar-refractivity contribution in [2.24, 2.45) is 11.8 Å². The Kier molecular flexibility index (Phi) is 4.26. The van der Waals surface area contributed by atoms with E-state index in [4.69, 9.17) is 0 Å². The second-order valence-electron chi connectivity index (χ2n) is 6.23. The van der Waals surface area contributed by atoms with Gasteiger partial charge in [-0.15, -0.1) is 0 Å². The highest BCUT2D eigenvalue weighted by molar-refractivity contribution is 4.89. The average Bonchev–Trinajstić information content (AvgIpc) is 3.05. The van der Waals surface area contributed by atoms with Crippen LogP contribution in [0.5, 0.6) is 0 Å². The molecule has 0 spiro atoms. The summed E-state index contributed by atoms with van der Waals surface area (Å²) in [5, 5.41) is 3.80. The molecule has 94 valence electrons. The highest BCUT2D eigenvalue weighted by atomic mass is 15.1. The zero-order chi connectivity index (χ0) is 11.5. The van der Waals surface area contributed by atoms with E-state index in [0.717, 1.165) is 23.9 Å². The van der Waals surface area contributed by atoms with Crippen molar-refractivity contribution in [1.82, 2.24) is 10.2 Å². The van der Waals surface area contributed by atoms with Crippen LogP contribution in [0, 0.1) is 11.8 Å². The summed E-state index contributed by atoms with van der Waals surface area (Å²) < 4.78 is 0. The summed E-state index contributed by atoms with van der Waals surface area (Å²) in [5.74, 6) is 1.94. The molecule has 1 unspecified atom stereocenters. The lowest BCUT2D eigenvalue weighted by Gasteiger charge is -2.31. The molecule has 0 radical (unpaired) electrons. The minimum absolute atomic E-state index is 0.777. The molecule has 2 fully saturated rings. The fourth-order valence-corrected chi connectivity index (χ4v) is 3.00. The van der Waals surface area contributed by atoms with Crippen molar-refractivity contribution in [3.63, 3.8) is 0 Å². The van der Waals surface area contributed by atoms with Crippen LogP contribution in [0.4, 0.5) is 0 Å². The second kappa shape index (κ2) is 5.50. The van der Waals surface area contributed by atoms with Gasteiger partial charge in [-0.05, 0) is 64.5 Å². The zero-order valence-electron chi connectivity index (χ0n) is 11.2. The molecular weight excluding hydrogens is 196 g/mol. The van der Waals surface area contributed by atoms with Gasteiger partial charge in [0.1, 0.15) is 0 Å². The van der Waals surface area contributed by atoms with Gasteiger partial charge in [-0.3, -0.25) is 0 Å². The minimum atomic E-state index is 0.777. The highest BCUT2D eigenvalue weighted by Crippen LogP contribution is 2.34. The molecule has 2 rings (SSSR count). The lowest BCUT2D eigenvalue weighted by atomic mass is 9.87. The molecule has 2 saturated carbocycles. The van der Waals surface area contributed by atoms with Crippen molar-refractivity contribution >= 4 is 0 Å². The Morgan fingerprint density at radius 3 is 2.19 bits per heavy atom. The molecule has 2 aliphatic carbocycles. The molecule has 2 heteroatoms. The van der Waals surface area contributed by atoms with Crippen LogP contribution in [-0.4, -0.2) is 37.6 Å². The smallest absolute Gasteiger partial charge is 0.0242 e. The summed E-state index contributed by atoms with van der Waals surface area (Å²) in [5.41, 5.74) is 0. The van der Waals surface area contributed by atoms with Crippen molar-refractivity contribution in [2.45, 2.75) is 57.5 Å². The highest BCUT2D eigenvalue weighted by Gasteiger charge is 2.32. The van der Waals surface area contributed by atoms with Crippen LogP contribution in [0.1, 0.15) is 45.4 Å². The van der Waals surface area contributed by atoms with E-state index in [-0.39, 0.29) is 0 Å². The normalized spacial score (nSPS) is 33.0. The molecule has 0 heterocycles. The van der Waals surface area contributed by atoms with E-state index in [2.05, 4.69) is 31.2 Å². The molecule has 2 aliphatic rings. The lowest BCUT2D eigenvalue weighted by molar-refractivity contribution is 0.230. The van der Waals surface area contributed by atoms with E-state index in [9.17, 15) is 0 Å². The molecule has 1 atom stereocenters. The molecule has 0 aromatic heterocycles. The Morgan fingerprint density at radius 2 is 1.69 bits per heavy atom. The summed E-state index contributed by atoms with van der Waals surface area (Å²) in [6.07, 6.45) is 8.54. The van der Waals surface area contributed by atoms with E-state index in [1.807, 2.05) is 0 Å². The Hall–Kier alpha value is -0.0800. The molecule has 0 bridgehead atoms. The maximum absolute atomic E-state index is 3.80. The van der Waals surface area contributed by atoms with Crippen LogP contribution in [0.15, 0.2) is 0 Å². The summed E-state index contributed by atoms with van der Waals surface area (Å²) in [6, 6.07) is 1.58. The first-order valence-electron chi connectivity index (χ1n) is 7.06. The minimum Gasteiger partial charge on any atom is -0.312 e. The topological polar surface area (TPSA) is 15.3 Å². The van der Waals surface area contributed by atoms with Crippen molar-refractivity contribution in [3.05, 3.63) is 0 Å². The number of nitrogens with one attached hydrogen (secondary N) is 1. The summed E-state index contributed by atoms with van der Waals surface area (Å²) in [6.45, 7) is 3.60. The molecule has 1 N–H and O–H groups in total. The van der Waals surface area contributed by atoms with Crippen LogP contribution in [0.2, 0.25) is 0 Å². The Labute approximate surface area is 101 Å². The first-order valence-corrected chi connectivity index (χ1v) is 7.06. The Balaban J connectivity index is 1.69. The average molecular weight is 224 g/mol. The van der Waals surface area contributed by atoms with E-state index < -0.39 is 0 Å². The van der Waals surface area contributed by atoms with E-state index >= 15 is 0 Å². The fraction of sp³-hybridized carbons (Fsp3) is 1.00. The standard InChI is InChI=1S/C14H28N2/c1-11-4-8-13(9-5-11)15-10-14(16(2)3)12-6-7-12/h11-15H,4-10H2,1-3H3. The lowest BCUT2D eigenvalue weighted by Crippen LogP contribution is -2.44. The maximum Gasteiger partial charge on any atom is 0.0242 e. The monoisotopic (exact) mass is 224 g/mol. The number of rotatable bonds is 5. The molecule has 0 aliphatic heterocycles. The largest absolute Gasteiger partial charge is 0.312 e. The van der Waals surface area contributed by atoms with Crippen LogP contribution in [0.3, 0.4) is 0 Å². The Bertz CT molecular complexity index is 201. The molecule has 0 aromatic carbocycles. The van der Waals surface area contributed by atoms with Crippen LogP contribution >= 0.6 is 0 Å². The number of nitrogens with zero attached hydrogens (tertiary/aromatic N) is 1. The van der Waals surface area contributed by atoms with E-state index in [1.165, 1.54) is 45.1 Å². The van der Waals surface area contributed by atoms with Crippen LogP contribution in [-0.2, 0) is 0 Å². The van der Waals surface area contributed by atoms with Gasteiger partial charge < -0.3 is 10.2 Å².